The van der Waals surface area contributed by atoms with Crippen molar-refractivity contribution in [3.8, 4) is 103 Å². The molecule has 4 heterocycles. The molecule has 10 nitrogen and oxygen atoms in total. The first-order chi connectivity index (χ1) is 38.6. The Kier molecular flexibility index (Phi) is 11.0. The molecule has 10 heteroatoms. The minimum atomic E-state index is 0.423. The largest absolute Gasteiger partial charge is 0.308 e. The zero-order valence-corrected chi connectivity index (χ0v) is 41.6. The molecule has 0 amide bonds. The lowest BCUT2D eigenvalue weighted by molar-refractivity contribution is 1.07. The van der Waals surface area contributed by atoms with Crippen LogP contribution in [-0.2, 0) is 0 Å². The molecule has 0 unspecified atom stereocenters. The molecule has 0 fully saturated rings. The van der Waals surface area contributed by atoms with E-state index in [4.69, 9.17) is 29.9 Å². The summed E-state index contributed by atoms with van der Waals surface area (Å²) < 4.78 is 4.38. The van der Waals surface area contributed by atoms with E-state index in [0.717, 1.165) is 88.1 Å². The van der Waals surface area contributed by atoms with Gasteiger partial charge in [-0.05, 0) is 48.0 Å². The molecule has 0 aliphatic rings. The Balaban J connectivity index is 1.04. The fraction of sp³-hybridized carbons (Fsp3) is 0. The Bertz CT molecular complexity index is 4630. The van der Waals surface area contributed by atoms with Gasteiger partial charge in [0.1, 0.15) is 11.6 Å². The lowest BCUT2D eigenvalue weighted by atomic mass is 9.97. The molecule has 0 spiro atoms. The van der Waals surface area contributed by atoms with Crippen molar-refractivity contribution in [3.05, 3.63) is 254 Å². The Morgan fingerprint density at radius 2 is 0.667 bits per heavy atom. The molecule has 14 aromatic rings. The van der Waals surface area contributed by atoms with E-state index in [1.165, 1.54) is 0 Å². The van der Waals surface area contributed by atoms with Gasteiger partial charge in [0.05, 0.1) is 45.1 Å². The van der Waals surface area contributed by atoms with E-state index < -0.39 is 0 Å². The van der Waals surface area contributed by atoms with Crippen molar-refractivity contribution in [2.75, 3.05) is 0 Å². The van der Waals surface area contributed by atoms with Gasteiger partial charge < -0.3 is 9.13 Å². The summed E-state index contributed by atoms with van der Waals surface area (Å²) in [6.45, 7) is 0. The zero-order valence-electron chi connectivity index (χ0n) is 41.6. The minimum absolute atomic E-state index is 0.423. The molecule has 0 bridgehead atoms. The second kappa shape index (κ2) is 18.9. The van der Waals surface area contributed by atoms with Crippen molar-refractivity contribution >= 4 is 43.6 Å². The van der Waals surface area contributed by atoms with Crippen LogP contribution in [0, 0.1) is 22.7 Å². The van der Waals surface area contributed by atoms with Crippen LogP contribution in [0.15, 0.2) is 243 Å². The number of rotatable bonds is 9. The monoisotopic (exact) mass is 996 g/mol. The van der Waals surface area contributed by atoms with E-state index in [1.54, 1.807) is 6.07 Å². The Labute approximate surface area is 447 Å². The number of hydrogen-bond donors (Lipinski definition) is 0. The highest BCUT2D eigenvalue weighted by Crippen LogP contribution is 2.43. The van der Waals surface area contributed by atoms with Crippen LogP contribution in [0.3, 0.4) is 0 Å². The number of para-hydroxylation sites is 2. The molecule has 0 aliphatic carbocycles. The van der Waals surface area contributed by atoms with Gasteiger partial charge in [0.25, 0.3) is 0 Å². The number of benzene rings is 10. The summed E-state index contributed by atoms with van der Waals surface area (Å²) in [6, 6.07) is 85.7. The van der Waals surface area contributed by atoms with Gasteiger partial charge in [-0.3, -0.25) is 0 Å². The van der Waals surface area contributed by atoms with Gasteiger partial charge >= 0.3 is 0 Å². The topological polar surface area (TPSA) is 135 Å². The SMILES string of the molecule is N#Cc1cccc(-c2ccc(-n3c4ccccc4c4ccc(-c5nc(-c6ccccc6)nc(-c6ccccc6)n5)cc43)c(C#N)c2-n2c3ccccc3c3ccc(-c4nc(-c5ccccc5)nc(-c5ccccc5)n4)cc32)c1. The van der Waals surface area contributed by atoms with Gasteiger partial charge in [0.15, 0.2) is 34.9 Å². The van der Waals surface area contributed by atoms with Crippen LogP contribution < -0.4 is 0 Å². The summed E-state index contributed by atoms with van der Waals surface area (Å²) in [5.74, 6) is 3.25. The Hall–Kier alpha value is -11.2. The first kappa shape index (κ1) is 45.4. The second-order valence-electron chi connectivity index (χ2n) is 18.9. The number of fused-ring (bicyclic) bond motifs is 6. The Morgan fingerprint density at radius 3 is 1.12 bits per heavy atom. The average molecular weight is 997 g/mol. The van der Waals surface area contributed by atoms with Gasteiger partial charge in [0.2, 0.25) is 0 Å². The smallest absolute Gasteiger partial charge is 0.164 e. The average Bonchev–Trinajstić information content (AvgIpc) is 4.16. The normalized spacial score (nSPS) is 11.3. The summed E-state index contributed by atoms with van der Waals surface area (Å²) in [5, 5.41) is 26.2. The molecule has 0 radical (unpaired) electrons. The van der Waals surface area contributed by atoms with Crippen LogP contribution >= 0.6 is 0 Å². The molecule has 10 aromatic carbocycles. The third kappa shape index (κ3) is 7.81. The number of aromatic nitrogens is 8. The van der Waals surface area contributed by atoms with Crippen LogP contribution in [0.25, 0.3) is 134 Å². The van der Waals surface area contributed by atoms with E-state index >= 15 is 0 Å². The maximum absolute atomic E-state index is 12.0. The molecule has 0 saturated heterocycles. The fourth-order valence-corrected chi connectivity index (χ4v) is 10.7. The third-order valence-corrected chi connectivity index (χ3v) is 14.3. The molecular weight excluding hydrogens is 957 g/mol. The molecule has 78 heavy (non-hydrogen) atoms. The Morgan fingerprint density at radius 1 is 0.282 bits per heavy atom. The molecule has 0 atom stereocenters. The van der Waals surface area contributed by atoms with Crippen LogP contribution in [0.5, 0.6) is 0 Å². The molecule has 0 aliphatic heterocycles. The van der Waals surface area contributed by atoms with Crippen LogP contribution in [0.1, 0.15) is 11.1 Å². The highest BCUT2D eigenvalue weighted by atomic mass is 15.1. The maximum atomic E-state index is 12.0. The van der Waals surface area contributed by atoms with E-state index in [2.05, 4.69) is 88.0 Å². The highest BCUT2D eigenvalue weighted by Gasteiger charge is 2.26. The van der Waals surface area contributed by atoms with Crippen LogP contribution in [0.4, 0.5) is 0 Å². The first-order valence-electron chi connectivity index (χ1n) is 25.5. The minimum Gasteiger partial charge on any atom is -0.308 e. The van der Waals surface area contributed by atoms with Crippen molar-refractivity contribution in [3.63, 3.8) is 0 Å². The molecule has 0 saturated carbocycles. The summed E-state index contributed by atoms with van der Waals surface area (Å²) in [4.78, 5) is 30.4. The van der Waals surface area contributed by atoms with Gasteiger partial charge in [0, 0.05) is 60.5 Å². The predicted octanol–water partition coefficient (Wildman–Crippen LogP) is 15.7. The van der Waals surface area contributed by atoms with E-state index in [1.807, 2.05) is 170 Å². The first-order valence-corrected chi connectivity index (χ1v) is 25.5. The standard InChI is InChI=1S/C68H40N10/c69-41-43-18-17-27-48(38-43)51-36-37-59(77-57-30-15-13-28-52(57)54-34-32-49(39-60(54)77)67-73-63(44-19-5-1-6-20-44)71-64(74-67)45-21-7-2-8-22-45)56(42-70)62(51)78-58-31-16-14-29-53(58)55-35-33-50(40-61(55)78)68-75-65(46-23-9-3-10-24-46)72-66(76-68)47-25-11-4-12-26-47/h1-40H. The molecule has 4 aromatic heterocycles. The fourth-order valence-electron chi connectivity index (χ4n) is 10.7. The van der Waals surface area contributed by atoms with Crippen molar-refractivity contribution in [1.82, 2.24) is 39.0 Å². The highest BCUT2D eigenvalue weighted by molar-refractivity contribution is 6.12. The van der Waals surface area contributed by atoms with E-state index in [0.29, 0.717) is 57.4 Å². The van der Waals surface area contributed by atoms with Crippen molar-refractivity contribution in [2.24, 2.45) is 0 Å². The molecular formula is C68H40N10. The maximum Gasteiger partial charge on any atom is 0.164 e. The number of nitrogens with zero attached hydrogens (tertiary/aromatic N) is 10. The molecule has 14 rings (SSSR count). The zero-order chi connectivity index (χ0) is 52.1. The molecule has 0 N–H and O–H groups in total. The van der Waals surface area contributed by atoms with Crippen molar-refractivity contribution in [1.29, 1.82) is 10.5 Å². The predicted molar refractivity (Wildman–Crippen MR) is 309 cm³/mol. The summed E-state index contributed by atoms with van der Waals surface area (Å²) in [6.07, 6.45) is 0. The van der Waals surface area contributed by atoms with Crippen molar-refractivity contribution in [2.45, 2.75) is 0 Å². The quantitative estimate of drug-likeness (QED) is 0.139. The van der Waals surface area contributed by atoms with E-state index in [9.17, 15) is 10.5 Å². The molecule has 362 valence electrons. The van der Waals surface area contributed by atoms with Gasteiger partial charge in [-0.15, -0.1) is 0 Å². The summed E-state index contributed by atoms with van der Waals surface area (Å²) in [5.41, 5.74) is 12.3. The van der Waals surface area contributed by atoms with Crippen LogP contribution in [0.2, 0.25) is 0 Å². The summed E-state index contributed by atoms with van der Waals surface area (Å²) >= 11 is 0. The van der Waals surface area contributed by atoms with Crippen molar-refractivity contribution < 1.29 is 0 Å². The lowest BCUT2D eigenvalue weighted by Gasteiger charge is -2.20. The number of hydrogen-bond acceptors (Lipinski definition) is 8. The summed E-state index contributed by atoms with van der Waals surface area (Å²) in [7, 11) is 0. The van der Waals surface area contributed by atoms with Gasteiger partial charge in [-0.1, -0.05) is 200 Å². The third-order valence-electron chi connectivity index (χ3n) is 14.3. The lowest BCUT2D eigenvalue weighted by Crippen LogP contribution is -2.07. The van der Waals surface area contributed by atoms with E-state index in [-0.39, 0.29) is 0 Å². The van der Waals surface area contributed by atoms with Gasteiger partial charge in [-0.25, -0.2) is 29.9 Å². The second-order valence-corrected chi connectivity index (χ2v) is 18.9. The van der Waals surface area contributed by atoms with Crippen LogP contribution in [-0.4, -0.2) is 39.0 Å². The van der Waals surface area contributed by atoms with Gasteiger partial charge in [-0.2, -0.15) is 10.5 Å². The number of nitriles is 2.